The predicted molar refractivity (Wildman–Crippen MR) is 104 cm³/mol. The van der Waals surface area contributed by atoms with Crippen molar-refractivity contribution in [2.45, 2.75) is 105 Å². The zero-order valence-corrected chi connectivity index (χ0v) is 18.1. The Morgan fingerprint density at radius 2 is 1.07 bits per heavy atom. The zero-order chi connectivity index (χ0) is 19.0. The Balaban J connectivity index is 1.15. The van der Waals surface area contributed by atoms with Gasteiger partial charge in [-0.05, 0) is 71.0 Å². The van der Waals surface area contributed by atoms with Gasteiger partial charge < -0.3 is 14.2 Å². The van der Waals surface area contributed by atoms with E-state index < -0.39 is 0 Å². The van der Waals surface area contributed by atoms with Gasteiger partial charge in [-0.1, -0.05) is 41.5 Å². The van der Waals surface area contributed by atoms with Crippen LogP contribution in [-0.2, 0) is 14.2 Å². The van der Waals surface area contributed by atoms with Gasteiger partial charge in [-0.3, -0.25) is 0 Å². The van der Waals surface area contributed by atoms with Crippen molar-refractivity contribution in [3.8, 4) is 0 Å². The van der Waals surface area contributed by atoms with E-state index in [0.29, 0.717) is 45.7 Å². The highest BCUT2D eigenvalue weighted by atomic mass is 16.8. The monoisotopic (exact) mass is 374 g/mol. The van der Waals surface area contributed by atoms with Crippen molar-refractivity contribution in [2.75, 3.05) is 0 Å². The fourth-order valence-electron chi connectivity index (χ4n) is 9.31. The molecule has 0 spiro atoms. The zero-order valence-electron chi connectivity index (χ0n) is 18.1. The molecule has 0 radical (unpaired) electrons. The van der Waals surface area contributed by atoms with Gasteiger partial charge in [-0.2, -0.15) is 0 Å². The van der Waals surface area contributed by atoms with E-state index in [0.717, 1.165) is 24.7 Å². The number of hydrogen-bond donors (Lipinski definition) is 0. The third-order valence-corrected chi connectivity index (χ3v) is 11.6. The van der Waals surface area contributed by atoms with Gasteiger partial charge in [0, 0.05) is 12.8 Å². The molecule has 2 saturated heterocycles. The SMILES string of the molecule is CC1(C)C2CCC1(C)C1O[C@H](O[C@H]3CC4C5CCC(C)(C4O3)C5(C)C)CC21. The lowest BCUT2D eigenvalue weighted by Gasteiger charge is -2.39. The topological polar surface area (TPSA) is 27.7 Å². The third kappa shape index (κ3) is 1.83. The van der Waals surface area contributed by atoms with Crippen molar-refractivity contribution >= 4 is 0 Å². The number of ether oxygens (including phenoxy) is 3. The van der Waals surface area contributed by atoms with Gasteiger partial charge >= 0.3 is 0 Å². The maximum absolute atomic E-state index is 6.58. The molecule has 2 aliphatic heterocycles. The Bertz CT molecular complexity index is 615. The number of fused-ring (bicyclic) bond motifs is 10. The van der Waals surface area contributed by atoms with E-state index in [2.05, 4.69) is 41.5 Å². The smallest absolute Gasteiger partial charge is 0.161 e. The van der Waals surface area contributed by atoms with Gasteiger partial charge in [0.15, 0.2) is 12.6 Å². The summed E-state index contributed by atoms with van der Waals surface area (Å²) in [7, 11) is 0. The molecular weight excluding hydrogens is 336 g/mol. The first-order chi connectivity index (χ1) is 12.6. The standard InChI is InChI=1S/C24H38O3/c1-21(2)15-7-9-23(21,5)19-13(15)11-17(26-19)25-18-12-14-16-8-10-24(6,20(14)27-18)22(16,3)4/h13-20H,7-12H2,1-6H3/t13?,14?,15?,16?,17-,18+,19?,20?,23?,24?. The molecule has 6 rings (SSSR count). The average molecular weight is 375 g/mol. The van der Waals surface area contributed by atoms with Crippen molar-refractivity contribution in [2.24, 2.45) is 45.3 Å². The van der Waals surface area contributed by atoms with Gasteiger partial charge in [-0.25, -0.2) is 0 Å². The summed E-state index contributed by atoms with van der Waals surface area (Å²) in [4.78, 5) is 0. The molecule has 10 atom stereocenters. The first-order valence-corrected chi connectivity index (χ1v) is 11.6. The largest absolute Gasteiger partial charge is 0.348 e. The summed E-state index contributed by atoms with van der Waals surface area (Å²) >= 11 is 0. The van der Waals surface area contributed by atoms with E-state index in [1.165, 1.54) is 25.7 Å². The summed E-state index contributed by atoms with van der Waals surface area (Å²) in [5.41, 5.74) is 1.47. The van der Waals surface area contributed by atoms with Gasteiger partial charge in [0.25, 0.3) is 0 Å². The van der Waals surface area contributed by atoms with Crippen LogP contribution in [0.25, 0.3) is 0 Å². The molecular formula is C24H38O3. The van der Waals surface area contributed by atoms with Gasteiger partial charge in [-0.15, -0.1) is 0 Å². The molecule has 4 aliphatic carbocycles. The Hall–Kier alpha value is -0.120. The molecule has 0 aromatic rings. The molecule has 6 aliphatic rings. The highest BCUT2D eigenvalue weighted by Gasteiger charge is 2.71. The second kappa shape index (κ2) is 4.95. The van der Waals surface area contributed by atoms with Gasteiger partial charge in [0.1, 0.15) is 0 Å². The summed E-state index contributed by atoms with van der Waals surface area (Å²) in [6, 6.07) is 0. The van der Waals surface area contributed by atoms with E-state index in [-0.39, 0.29) is 12.6 Å². The molecule has 152 valence electrons. The molecule has 0 aromatic carbocycles. The average Bonchev–Trinajstić information content (AvgIpc) is 3.33. The minimum atomic E-state index is -0.0432. The van der Waals surface area contributed by atoms with E-state index in [9.17, 15) is 0 Å². The molecule has 8 unspecified atom stereocenters. The van der Waals surface area contributed by atoms with E-state index in [1.54, 1.807) is 0 Å². The molecule has 3 nitrogen and oxygen atoms in total. The highest BCUT2D eigenvalue weighted by Crippen LogP contribution is 2.72. The molecule has 3 heteroatoms. The highest BCUT2D eigenvalue weighted by molar-refractivity contribution is 5.18. The first-order valence-electron chi connectivity index (χ1n) is 11.6. The lowest BCUT2D eigenvalue weighted by molar-refractivity contribution is -0.252. The van der Waals surface area contributed by atoms with Crippen LogP contribution in [-0.4, -0.2) is 24.8 Å². The predicted octanol–water partition coefficient (Wildman–Crippen LogP) is 5.38. The lowest BCUT2D eigenvalue weighted by atomic mass is 9.70. The third-order valence-electron chi connectivity index (χ3n) is 11.6. The van der Waals surface area contributed by atoms with Crippen molar-refractivity contribution in [1.82, 2.24) is 0 Å². The quantitative estimate of drug-likeness (QED) is 0.650. The van der Waals surface area contributed by atoms with Crippen LogP contribution < -0.4 is 0 Å². The van der Waals surface area contributed by atoms with E-state index in [4.69, 9.17) is 14.2 Å². The summed E-state index contributed by atoms with van der Waals surface area (Å²) in [6.45, 7) is 14.8. The minimum absolute atomic E-state index is 0.0432. The molecule has 4 saturated carbocycles. The normalized spacial score (nSPS) is 61.6. The van der Waals surface area contributed by atoms with E-state index in [1.807, 2.05) is 0 Å². The van der Waals surface area contributed by atoms with Crippen molar-refractivity contribution in [3.63, 3.8) is 0 Å². The first kappa shape index (κ1) is 17.7. The minimum Gasteiger partial charge on any atom is -0.348 e. The molecule has 0 N–H and O–H groups in total. The Kier molecular flexibility index (Phi) is 3.25. The second-order valence-electron chi connectivity index (χ2n) is 12.5. The number of hydrogen-bond acceptors (Lipinski definition) is 3. The summed E-state index contributed by atoms with van der Waals surface area (Å²) in [6.07, 6.45) is 8.24. The van der Waals surface area contributed by atoms with Crippen LogP contribution in [0.3, 0.4) is 0 Å². The fourth-order valence-corrected chi connectivity index (χ4v) is 9.31. The lowest BCUT2D eigenvalue weighted by Crippen LogP contribution is -2.39. The Morgan fingerprint density at radius 3 is 1.44 bits per heavy atom. The van der Waals surface area contributed by atoms with Crippen molar-refractivity contribution in [3.05, 3.63) is 0 Å². The molecule has 6 fully saturated rings. The van der Waals surface area contributed by atoms with Crippen LogP contribution >= 0.6 is 0 Å². The molecule has 0 amide bonds. The Labute approximate surface area is 164 Å². The summed E-state index contributed by atoms with van der Waals surface area (Å²) in [5.74, 6) is 3.00. The van der Waals surface area contributed by atoms with Crippen LogP contribution in [0.5, 0.6) is 0 Å². The van der Waals surface area contributed by atoms with Crippen molar-refractivity contribution < 1.29 is 14.2 Å². The Morgan fingerprint density at radius 1 is 0.667 bits per heavy atom. The number of rotatable bonds is 2. The van der Waals surface area contributed by atoms with Crippen molar-refractivity contribution in [1.29, 1.82) is 0 Å². The molecule has 0 aromatic heterocycles. The van der Waals surface area contributed by atoms with Gasteiger partial charge in [0.2, 0.25) is 0 Å². The summed E-state index contributed by atoms with van der Waals surface area (Å²) in [5, 5.41) is 0. The van der Waals surface area contributed by atoms with Crippen LogP contribution in [0, 0.1) is 45.3 Å². The maximum atomic E-state index is 6.58. The summed E-state index contributed by atoms with van der Waals surface area (Å²) < 4.78 is 19.6. The molecule has 4 bridgehead atoms. The van der Waals surface area contributed by atoms with Crippen LogP contribution in [0.2, 0.25) is 0 Å². The van der Waals surface area contributed by atoms with Crippen LogP contribution in [0.1, 0.15) is 80.1 Å². The second-order valence-corrected chi connectivity index (χ2v) is 12.5. The fraction of sp³-hybridized carbons (Fsp3) is 1.00. The van der Waals surface area contributed by atoms with E-state index >= 15 is 0 Å². The molecule has 2 heterocycles. The van der Waals surface area contributed by atoms with Crippen LogP contribution in [0.4, 0.5) is 0 Å². The van der Waals surface area contributed by atoms with Crippen LogP contribution in [0.15, 0.2) is 0 Å². The maximum Gasteiger partial charge on any atom is 0.161 e. The molecule has 27 heavy (non-hydrogen) atoms. The van der Waals surface area contributed by atoms with Gasteiger partial charge in [0.05, 0.1) is 12.2 Å².